The van der Waals surface area contributed by atoms with Crippen molar-refractivity contribution in [3.63, 3.8) is 0 Å². The van der Waals surface area contributed by atoms with E-state index in [4.69, 9.17) is 23.2 Å². The summed E-state index contributed by atoms with van der Waals surface area (Å²) in [7, 11) is 0. The summed E-state index contributed by atoms with van der Waals surface area (Å²) >= 11 is 15.0. The Morgan fingerprint density at radius 3 is 2.70 bits per heavy atom. The van der Waals surface area contributed by atoms with Crippen molar-refractivity contribution in [3.8, 4) is 10.6 Å². The first-order chi connectivity index (χ1) is 9.56. The van der Waals surface area contributed by atoms with Crippen LogP contribution in [0.1, 0.15) is 25.3 Å². The second-order valence-electron chi connectivity index (χ2n) is 4.94. The number of hydrogen-bond acceptors (Lipinski definition) is 5. The molecule has 1 N–H and O–H groups in total. The van der Waals surface area contributed by atoms with E-state index in [1.807, 2.05) is 6.07 Å². The summed E-state index contributed by atoms with van der Waals surface area (Å²) in [5, 5.41) is 13.7. The van der Waals surface area contributed by atoms with Crippen molar-refractivity contribution in [2.75, 3.05) is 13.1 Å². The van der Waals surface area contributed by atoms with Gasteiger partial charge in [0.1, 0.15) is 14.4 Å². The standard InChI is InChI=1S/C13H17Cl2N3S2/c1-8(2)7-16-5-3-4-11-17-18-13(20-11)9-6-10(14)19-12(9)15/h6,8,16H,3-5,7H2,1-2H3. The number of halogens is 2. The first-order valence-electron chi connectivity index (χ1n) is 6.54. The maximum atomic E-state index is 6.13. The first kappa shape index (κ1) is 16.2. The third-order valence-corrected chi connectivity index (χ3v) is 5.15. The third-order valence-electron chi connectivity index (χ3n) is 2.65. The van der Waals surface area contributed by atoms with Gasteiger partial charge in [0, 0.05) is 12.0 Å². The number of thiophene rings is 1. The van der Waals surface area contributed by atoms with E-state index >= 15 is 0 Å². The quantitative estimate of drug-likeness (QED) is 0.732. The Bertz CT molecular complexity index is 552. The van der Waals surface area contributed by atoms with Gasteiger partial charge in [-0.05, 0) is 31.5 Å². The molecule has 0 aromatic carbocycles. The molecule has 110 valence electrons. The maximum absolute atomic E-state index is 6.13. The SMILES string of the molecule is CC(C)CNCCCc1nnc(-c2cc(Cl)sc2Cl)s1. The van der Waals surface area contributed by atoms with Crippen LogP contribution in [0.5, 0.6) is 0 Å². The average Bonchev–Trinajstić information content (AvgIpc) is 2.95. The molecule has 0 aliphatic heterocycles. The van der Waals surface area contributed by atoms with Crippen molar-refractivity contribution in [2.24, 2.45) is 5.92 Å². The zero-order valence-corrected chi connectivity index (χ0v) is 14.6. The van der Waals surface area contributed by atoms with E-state index in [2.05, 4.69) is 29.4 Å². The molecule has 2 aromatic rings. The lowest BCUT2D eigenvalue weighted by atomic mass is 10.2. The second kappa shape index (κ2) is 7.71. The van der Waals surface area contributed by atoms with Gasteiger partial charge < -0.3 is 5.32 Å². The van der Waals surface area contributed by atoms with Crippen molar-refractivity contribution in [1.82, 2.24) is 15.5 Å². The van der Waals surface area contributed by atoms with Crippen LogP contribution in [0.15, 0.2) is 6.07 Å². The highest BCUT2D eigenvalue weighted by molar-refractivity contribution is 7.21. The Morgan fingerprint density at radius 2 is 2.05 bits per heavy atom. The molecule has 3 nitrogen and oxygen atoms in total. The Labute approximate surface area is 137 Å². The van der Waals surface area contributed by atoms with Crippen molar-refractivity contribution >= 4 is 45.9 Å². The van der Waals surface area contributed by atoms with Gasteiger partial charge in [0.05, 0.1) is 4.34 Å². The minimum atomic E-state index is 0.677. The Hall–Kier alpha value is -0.200. The van der Waals surface area contributed by atoms with Gasteiger partial charge >= 0.3 is 0 Å². The monoisotopic (exact) mass is 349 g/mol. The van der Waals surface area contributed by atoms with Crippen LogP contribution in [0.4, 0.5) is 0 Å². The van der Waals surface area contributed by atoms with E-state index in [9.17, 15) is 0 Å². The fourth-order valence-electron chi connectivity index (χ4n) is 1.70. The molecule has 0 spiro atoms. The summed E-state index contributed by atoms with van der Waals surface area (Å²) < 4.78 is 1.36. The smallest absolute Gasteiger partial charge is 0.150 e. The van der Waals surface area contributed by atoms with Crippen LogP contribution in [0, 0.1) is 5.92 Å². The molecule has 0 aliphatic rings. The largest absolute Gasteiger partial charge is 0.316 e. The predicted octanol–water partition coefficient (Wildman–Crippen LogP) is 4.75. The molecule has 0 unspecified atom stereocenters. The van der Waals surface area contributed by atoms with Crippen LogP contribution in [0.2, 0.25) is 8.67 Å². The third kappa shape index (κ3) is 4.67. The van der Waals surface area contributed by atoms with Gasteiger partial charge in [0.2, 0.25) is 0 Å². The molecule has 2 heterocycles. The van der Waals surface area contributed by atoms with Gasteiger partial charge in [-0.1, -0.05) is 48.4 Å². The van der Waals surface area contributed by atoms with Gasteiger partial charge in [0.25, 0.3) is 0 Å². The van der Waals surface area contributed by atoms with E-state index in [0.29, 0.717) is 14.6 Å². The molecule has 0 radical (unpaired) electrons. The molecular formula is C13H17Cl2N3S2. The normalized spacial score (nSPS) is 11.4. The van der Waals surface area contributed by atoms with Crippen molar-refractivity contribution in [2.45, 2.75) is 26.7 Å². The minimum absolute atomic E-state index is 0.677. The fraction of sp³-hybridized carbons (Fsp3) is 0.538. The van der Waals surface area contributed by atoms with E-state index in [1.54, 1.807) is 11.3 Å². The van der Waals surface area contributed by atoms with Crippen molar-refractivity contribution in [3.05, 3.63) is 19.7 Å². The summed E-state index contributed by atoms with van der Waals surface area (Å²) in [5.41, 5.74) is 0.892. The lowest BCUT2D eigenvalue weighted by Gasteiger charge is -2.05. The van der Waals surface area contributed by atoms with Crippen LogP contribution < -0.4 is 5.32 Å². The number of nitrogens with one attached hydrogen (secondary N) is 1. The molecule has 20 heavy (non-hydrogen) atoms. The van der Waals surface area contributed by atoms with Crippen LogP contribution in [0.25, 0.3) is 10.6 Å². The lowest BCUT2D eigenvalue weighted by Crippen LogP contribution is -2.21. The van der Waals surface area contributed by atoms with Crippen molar-refractivity contribution < 1.29 is 0 Å². The molecule has 0 saturated carbocycles. The van der Waals surface area contributed by atoms with Crippen molar-refractivity contribution in [1.29, 1.82) is 0 Å². The number of aryl methyl sites for hydroxylation is 1. The van der Waals surface area contributed by atoms with Crippen LogP contribution in [-0.2, 0) is 6.42 Å². The summed E-state index contributed by atoms with van der Waals surface area (Å²) in [6.07, 6.45) is 2.01. The number of hydrogen-bond donors (Lipinski definition) is 1. The van der Waals surface area contributed by atoms with Gasteiger partial charge in [-0.3, -0.25) is 0 Å². The Balaban J connectivity index is 1.85. The van der Waals surface area contributed by atoms with Crippen LogP contribution in [0.3, 0.4) is 0 Å². The van der Waals surface area contributed by atoms with E-state index in [1.165, 1.54) is 11.3 Å². The molecule has 0 saturated heterocycles. The molecule has 0 aliphatic carbocycles. The number of rotatable bonds is 7. The van der Waals surface area contributed by atoms with Gasteiger partial charge in [-0.2, -0.15) is 0 Å². The predicted molar refractivity (Wildman–Crippen MR) is 89.3 cm³/mol. The molecule has 2 rings (SSSR count). The summed E-state index contributed by atoms with van der Waals surface area (Å²) in [5.74, 6) is 0.689. The van der Waals surface area contributed by atoms with E-state index in [0.717, 1.165) is 41.5 Å². The van der Waals surface area contributed by atoms with Gasteiger partial charge in [-0.25, -0.2) is 0 Å². The van der Waals surface area contributed by atoms with Gasteiger partial charge in [0.15, 0.2) is 0 Å². The molecule has 0 fully saturated rings. The highest BCUT2D eigenvalue weighted by Crippen LogP contribution is 2.39. The second-order valence-corrected chi connectivity index (χ2v) is 8.29. The average molecular weight is 350 g/mol. The highest BCUT2D eigenvalue weighted by atomic mass is 35.5. The first-order valence-corrected chi connectivity index (χ1v) is 8.93. The molecule has 0 amide bonds. The minimum Gasteiger partial charge on any atom is -0.316 e. The number of aromatic nitrogens is 2. The summed E-state index contributed by atoms with van der Waals surface area (Å²) in [6.45, 7) is 6.49. The van der Waals surface area contributed by atoms with Gasteiger partial charge in [-0.15, -0.1) is 21.5 Å². The Morgan fingerprint density at radius 1 is 1.25 bits per heavy atom. The highest BCUT2D eigenvalue weighted by Gasteiger charge is 2.13. The van der Waals surface area contributed by atoms with Crippen LogP contribution in [-0.4, -0.2) is 23.3 Å². The zero-order chi connectivity index (χ0) is 14.5. The maximum Gasteiger partial charge on any atom is 0.150 e. The summed E-state index contributed by atoms with van der Waals surface area (Å²) in [4.78, 5) is 0. The van der Waals surface area contributed by atoms with E-state index < -0.39 is 0 Å². The zero-order valence-electron chi connectivity index (χ0n) is 11.4. The molecule has 2 aromatic heterocycles. The molecule has 0 bridgehead atoms. The topological polar surface area (TPSA) is 37.8 Å². The molecule has 0 atom stereocenters. The Kier molecular flexibility index (Phi) is 6.23. The van der Waals surface area contributed by atoms with Crippen LogP contribution >= 0.6 is 45.9 Å². The fourth-order valence-corrected chi connectivity index (χ4v) is 4.20. The van der Waals surface area contributed by atoms with E-state index in [-0.39, 0.29) is 0 Å². The molecular weight excluding hydrogens is 333 g/mol. The summed E-state index contributed by atoms with van der Waals surface area (Å²) in [6, 6.07) is 1.85. The lowest BCUT2D eigenvalue weighted by molar-refractivity contribution is 0.542. The molecule has 7 heteroatoms. The number of nitrogens with zero attached hydrogens (tertiary/aromatic N) is 2.